The number of hydrogen-bond acceptors (Lipinski definition) is 3. The van der Waals surface area contributed by atoms with E-state index >= 15 is 0 Å². The lowest BCUT2D eigenvalue weighted by atomic mass is 10.1. The van der Waals surface area contributed by atoms with Crippen LogP contribution >= 0.6 is 24.2 Å². The van der Waals surface area contributed by atoms with Crippen molar-refractivity contribution in [2.24, 2.45) is 5.92 Å². The molecule has 0 aliphatic carbocycles. The first-order chi connectivity index (χ1) is 7.54. The molecule has 0 aromatic carbocycles. The third-order valence-electron chi connectivity index (χ3n) is 2.82. The summed E-state index contributed by atoms with van der Waals surface area (Å²) in [6.07, 6.45) is 1.08. The summed E-state index contributed by atoms with van der Waals surface area (Å²) < 4.78 is 0. The van der Waals surface area contributed by atoms with E-state index in [0.717, 1.165) is 24.5 Å². The molecule has 0 spiro atoms. The highest BCUT2D eigenvalue weighted by Gasteiger charge is 2.20. The number of nitrogens with one attached hydrogen (secondary N) is 1. The van der Waals surface area contributed by atoms with Crippen LogP contribution in [-0.4, -0.2) is 49.0 Å². The van der Waals surface area contributed by atoms with E-state index in [1.165, 1.54) is 0 Å². The minimum atomic E-state index is 0. The molecule has 1 amide bonds. The van der Waals surface area contributed by atoms with Crippen molar-refractivity contribution in [2.45, 2.75) is 33.2 Å². The van der Waals surface area contributed by atoms with E-state index in [1.54, 1.807) is 0 Å². The number of nitrogens with zero attached hydrogens (tertiary/aromatic N) is 1. The van der Waals surface area contributed by atoms with E-state index in [0.29, 0.717) is 6.04 Å². The van der Waals surface area contributed by atoms with Gasteiger partial charge in [0.15, 0.2) is 0 Å². The van der Waals surface area contributed by atoms with E-state index in [9.17, 15) is 4.79 Å². The zero-order valence-corrected chi connectivity index (χ0v) is 13.3. The first-order valence-corrected chi connectivity index (χ1v) is 7.19. The predicted molar refractivity (Wildman–Crippen MR) is 80.2 cm³/mol. The van der Waals surface area contributed by atoms with Crippen LogP contribution in [0.5, 0.6) is 0 Å². The molecule has 0 radical (unpaired) electrons. The molecule has 1 N–H and O–H groups in total. The predicted octanol–water partition coefficient (Wildman–Crippen LogP) is 2.25. The quantitative estimate of drug-likeness (QED) is 0.693. The standard InChI is InChI=1S/C12H26N2OS.ClH/c1-6-16-8-7-11(3)14(5)12(15)10(2)9-13-4;/h10-11,13H,6-9H2,1-5H3;1H. The second-order valence-corrected chi connectivity index (χ2v) is 5.64. The Labute approximate surface area is 117 Å². The molecule has 0 aliphatic heterocycles. The van der Waals surface area contributed by atoms with Crippen molar-refractivity contribution in [1.82, 2.24) is 10.2 Å². The Hall–Kier alpha value is 0.0700. The molecular weight excluding hydrogens is 256 g/mol. The maximum absolute atomic E-state index is 12.0. The Morgan fingerprint density at radius 2 is 2.00 bits per heavy atom. The summed E-state index contributed by atoms with van der Waals surface area (Å²) in [7, 11) is 3.79. The Morgan fingerprint density at radius 3 is 2.47 bits per heavy atom. The number of thioether (sulfide) groups is 1. The number of rotatable bonds is 8. The van der Waals surface area contributed by atoms with Gasteiger partial charge in [0.05, 0.1) is 0 Å². The van der Waals surface area contributed by atoms with Crippen molar-refractivity contribution in [2.75, 3.05) is 32.1 Å². The maximum atomic E-state index is 12.0. The van der Waals surface area contributed by atoms with Crippen LogP contribution in [0.15, 0.2) is 0 Å². The van der Waals surface area contributed by atoms with Crippen molar-refractivity contribution in [1.29, 1.82) is 0 Å². The molecule has 0 saturated carbocycles. The molecule has 17 heavy (non-hydrogen) atoms. The summed E-state index contributed by atoms with van der Waals surface area (Å²) in [6.45, 7) is 7.02. The number of amides is 1. The molecule has 0 fully saturated rings. The lowest BCUT2D eigenvalue weighted by Gasteiger charge is -2.27. The fourth-order valence-corrected chi connectivity index (χ4v) is 2.35. The van der Waals surface area contributed by atoms with Gasteiger partial charge in [0.25, 0.3) is 0 Å². The minimum absolute atomic E-state index is 0. The fourth-order valence-electron chi connectivity index (χ4n) is 1.55. The van der Waals surface area contributed by atoms with Gasteiger partial charge in [-0.3, -0.25) is 4.79 Å². The molecule has 0 aliphatic rings. The van der Waals surface area contributed by atoms with Gasteiger partial charge in [-0.15, -0.1) is 12.4 Å². The van der Waals surface area contributed by atoms with Crippen LogP contribution < -0.4 is 5.32 Å². The van der Waals surface area contributed by atoms with Gasteiger partial charge >= 0.3 is 0 Å². The molecule has 0 bridgehead atoms. The van der Waals surface area contributed by atoms with Gasteiger partial charge in [0.2, 0.25) is 5.91 Å². The monoisotopic (exact) mass is 282 g/mol. The average molecular weight is 283 g/mol. The van der Waals surface area contributed by atoms with Gasteiger partial charge in [-0.05, 0) is 31.9 Å². The van der Waals surface area contributed by atoms with Gasteiger partial charge in [0.1, 0.15) is 0 Å². The third-order valence-corrected chi connectivity index (χ3v) is 3.76. The van der Waals surface area contributed by atoms with E-state index in [-0.39, 0.29) is 24.2 Å². The minimum Gasteiger partial charge on any atom is -0.343 e. The van der Waals surface area contributed by atoms with Crippen molar-refractivity contribution in [3.63, 3.8) is 0 Å². The van der Waals surface area contributed by atoms with Crippen LogP contribution in [0.3, 0.4) is 0 Å². The first kappa shape index (κ1) is 19.4. The summed E-state index contributed by atoms with van der Waals surface area (Å²) >= 11 is 1.93. The van der Waals surface area contributed by atoms with Gasteiger partial charge in [0, 0.05) is 25.6 Å². The Bertz CT molecular complexity index is 205. The third kappa shape index (κ3) is 7.90. The number of halogens is 1. The molecule has 0 heterocycles. The Balaban J connectivity index is 0. The van der Waals surface area contributed by atoms with Crippen LogP contribution in [0.25, 0.3) is 0 Å². The largest absolute Gasteiger partial charge is 0.343 e. The molecule has 0 aromatic rings. The first-order valence-electron chi connectivity index (χ1n) is 6.03. The molecule has 104 valence electrons. The van der Waals surface area contributed by atoms with E-state index in [1.807, 2.05) is 37.7 Å². The molecule has 0 aromatic heterocycles. The Morgan fingerprint density at radius 1 is 1.41 bits per heavy atom. The van der Waals surface area contributed by atoms with Crippen LogP contribution in [0.1, 0.15) is 27.2 Å². The molecule has 2 atom stereocenters. The molecule has 3 nitrogen and oxygen atoms in total. The fraction of sp³-hybridized carbons (Fsp3) is 0.917. The number of hydrogen-bond donors (Lipinski definition) is 1. The van der Waals surface area contributed by atoms with Gasteiger partial charge in [-0.1, -0.05) is 13.8 Å². The average Bonchev–Trinajstić information content (AvgIpc) is 2.27. The topological polar surface area (TPSA) is 32.3 Å². The van der Waals surface area contributed by atoms with E-state index in [4.69, 9.17) is 0 Å². The van der Waals surface area contributed by atoms with Crippen LogP contribution in [0.4, 0.5) is 0 Å². The summed E-state index contributed by atoms with van der Waals surface area (Å²) in [6, 6.07) is 0.339. The van der Waals surface area contributed by atoms with Crippen LogP contribution in [0.2, 0.25) is 0 Å². The molecule has 2 unspecified atom stereocenters. The van der Waals surface area contributed by atoms with Crippen molar-refractivity contribution < 1.29 is 4.79 Å². The van der Waals surface area contributed by atoms with Crippen molar-refractivity contribution in [3.8, 4) is 0 Å². The summed E-state index contributed by atoms with van der Waals surface area (Å²) in [4.78, 5) is 13.9. The smallest absolute Gasteiger partial charge is 0.226 e. The van der Waals surface area contributed by atoms with Gasteiger partial charge in [-0.25, -0.2) is 0 Å². The van der Waals surface area contributed by atoms with Crippen LogP contribution in [0, 0.1) is 5.92 Å². The molecule has 5 heteroatoms. The second-order valence-electron chi connectivity index (χ2n) is 4.24. The van der Waals surface area contributed by atoms with E-state index in [2.05, 4.69) is 19.2 Å². The number of carbonyl (C=O) groups is 1. The molecular formula is C12H27ClN2OS. The highest BCUT2D eigenvalue weighted by molar-refractivity contribution is 7.99. The second kappa shape index (κ2) is 11.2. The zero-order valence-electron chi connectivity index (χ0n) is 11.7. The lowest BCUT2D eigenvalue weighted by Crippen LogP contribution is -2.41. The van der Waals surface area contributed by atoms with Crippen molar-refractivity contribution >= 4 is 30.1 Å². The zero-order chi connectivity index (χ0) is 12.6. The van der Waals surface area contributed by atoms with E-state index < -0.39 is 0 Å². The molecule has 0 saturated heterocycles. The van der Waals surface area contributed by atoms with Crippen LogP contribution in [-0.2, 0) is 4.79 Å². The summed E-state index contributed by atoms with van der Waals surface area (Å²) in [5, 5.41) is 3.04. The SMILES string of the molecule is CCSCCC(C)N(C)C(=O)C(C)CNC.Cl. The highest BCUT2D eigenvalue weighted by Crippen LogP contribution is 2.10. The maximum Gasteiger partial charge on any atom is 0.226 e. The van der Waals surface area contributed by atoms with Gasteiger partial charge in [-0.2, -0.15) is 11.8 Å². The van der Waals surface area contributed by atoms with Crippen molar-refractivity contribution in [3.05, 3.63) is 0 Å². The lowest BCUT2D eigenvalue weighted by molar-refractivity contribution is -0.135. The highest BCUT2D eigenvalue weighted by atomic mass is 35.5. The summed E-state index contributed by atoms with van der Waals surface area (Å²) in [5.74, 6) is 2.59. The van der Waals surface area contributed by atoms with Gasteiger partial charge < -0.3 is 10.2 Å². The normalized spacial score (nSPS) is 13.7. The Kier molecular flexibility index (Phi) is 12.8. The summed E-state index contributed by atoms with van der Waals surface area (Å²) in [5.41, 5.74) is 0. The molecule has 0 rings (SSSR count). The number of carbonyl (C=O) groups excluding carboxylic acids is 1.